The Labute approximate surface area is 130 Å². The molecule has 1 aromatic carbocycles. The lowest BCUT2D eigenvalue weighted by Gasteiger charge is -2.08. The van der Waals surface area contributed by atoms with E-state index in [2.05, 4.69) is 33.0 Å². The summed E-state index contributed by atoms with van der Waals surface area (Å²) < 4.78 is 2.57. The van der Waals surface area contributed by atoms with E-state index >= 15 is 0 Å². The summed E-state index contributed by atoms with van der Waals surface area (Å²) in [7, 11) is 0. The summed E-state index contributed by atoms with van der Waals surface area (Å²) in [5, 5.41) is 7.71. The molecule has 2 aromatic rings. The molecule has 0 bridgehead atoms. The van der Waals surface area contributed by atoms with Crippen LogP contribution in [0.2, 0.25) is 5.02 Å². The van der Waals surface area contributed by atoms with Gasteiger partial charge in [0, 0.05) is 23.5 Å². The third-order valence-electron chi connectivity index (χ3n) is 2.77. The van der Waals surface area contributed by atoms with Crippen molar-refractivity contribution in [3.05, 3.63) is 44.2 Å². The number of aromatic nitrogens is 2. The number of benzene rings is 1. The standard InChI is InChI=1S/C13H13ClIN3O/c1-3-18-7-10(15)12(17-18)13(19)16-11-6-4-5-9(14)8(11)2/h4-7H,3H2,1-2H3,(H,16,19). The number of anilines is 1. The Balaban J connectivity index is 2.25. The lowest BCUT2D eigenvalue weighted by atomic mass is 10.2. The molecule has 1 N–H and O–H groups in total. The number of nitrogens with one attached hydrogen (secondary N) is 1. The summed E-state index contributed by atoms with van der Waals surface area (Å²) in [5.74, 6) is -0.220. The van der Waals surface area contributed by atoms with Gasteiger partial charge >= 0.3 is 0 Å². The average molecular weight is 390 g/mol. The number of halogens is 2. The molecule has 0 saturated heterocycles. The Bertz CT molecular complexity index is 624. The van der Waals surface area contributed by atoms with Crippen molar-refractivity contribution in [3.63, 3.8) is 0 Å². The Morgan fingerprint density at radius 1 is 1.53 bits per heavy atom. The molecule has 0 saturated carbocycles. The number of carbonyl (C=O) groups is 1. The van der Waals surface area contributed by atoms with Crippen molar-refractivity contribution in [2.45, 2.75) is 20.4 Å². The van der Waals surface area contributed by atoms with Gasteiger partial charge in [-0.15, -0.1) is 0 Å². The summed E-state index contributed by atoms with van der Waals surface area (Å²) in [6.45, 7) is 4.58. The van der Waals surface area contributed by atoms with Gasteiger partial charge in [0.05, 0.1) is 3.57 Å². The van der Waals surface area contributed by atoms with E-state index in [-0.39, 0.29) is 5.91 Å². The zero-order valence-corrected chi connectivity index (χ0v) is 13.5. The normalized spacial score (nSPS) is 10.5. The lowest BCUT2D eigenvalue weighted by molar-refractivity contribution is 0.102. The van der Waals surface area contributed by atoms with Crippen LogP contribution in [0.25, 0.3) is 0 Å². The minimum Gasteiger partial charge on any atom is -0.320 e. The molecule has 0 spiro atoms. The molecule has 19 heavy (non-hydrogen) atoms. The summed E-state index contributed by atoms with van der Waals surface area (Å²) >= 11 is 8.14. The number of nitrogens with zero attached hydrogens (tertiary/aromatic N) is 2. The number of hydrogen-bond donors (Lipinski definition) is 1. The van der Waals surface area contributed by atoms with E-state index in [1.807, 2.05) is 26.1 Å². The van der Waals surface area contributed by atoms with Crippen molar-refractivity contribution in [1.29, 1.82) is 0 Å². The van der Waals surface area contributed by atoms with Crippen molar-refractivity contribution >= 4 is 45.8 Å². The van der Waals surface area contributed by atoms with E-state index < -0.39 is 0 Å². The smallest absolute Gasteiger partial charge is 0.277 e. The molecule has 1 aromatic heterocycles. The molecule has 0 fully saturated rings. The van der Waals surface area contributed by atoms with Gasteiger partial charge < -0.3 is 5.32 Å². The van der Waals surface area contributed by atoms with Gasteiger partial charge in [0.25, 0.3) is 5.91 Å². The maximum Gasteiger partial charge on any atom is 0.277 e. The SMILES string of the molecule is CCn1cc(I)c(C(=O)Nc2cccc(Cl)c2C)n1. The van der Waals surface area contributed by atoms with Crippen LogP contribution in [-0.4, -0.2) is 15.7 Å². The van der Waals surface area contributed by atoms with Crippen LogP contribution in [0.15, 0.2) is 24.4 Å². The van der Waals surface area contributed by atoms with Crippen LogP contribution in [0, 0.1) is 10.5 Å². The Hall–Kier alpha value is -1.08. The number of amides is 1. The van der Waals surface area contributed by atoms with Gasteiger partial charge in [0.2, 0.25) is 0 Å². The van der Waals surface area contributed by atoms with Gasteiger partial charge in [-0.3, -0.25) is 9.48 Å². The fourth-order valence-electron chi connectivity index (χ4n) is 1.64. The molecule has 0 radical (unpaired) electrons. The minimum absolute atomic E-state index is 0.220. The van der Waals surface area contributed by atoms with Crippen LogP contribution in [0.1, 0.15) is 23.0 Å². The van der Waals surface area contributed by atoms with E-state index in [1.165, 1.54) is 0 Å². The molecule has 1 heterocycles. The van der Waals surface area contributed by atoms with Crippen molar-refractivity contribution in [3.8, 4) is 0 Å². The maximum atomic E-state index is 12.2. The predicted octanol–water partition coefficient (Wildman–Crippen LogP) is 3.72. The summed E-state index contributed by atoms with van der Waals surface area (Å²) in [4.78, 5) is 12.2. The quantitative estimate of drug-likeness (QED) is 0.813. The largest absolute Gasteiger partial charge is 0.320 e. The number of hydrogen-bond acceptors (Lipinski definition) is 2. The fraction of sp³-hybridized carbons (Fsp3) is 0.231. The van der Waals surface area contributed by atoms with Crippen LogP contribution in [0.5, 0.6) is 0 Å². The number of aryl methyl sites for hydroxylation is 1. The first-order valence-corrected chi connectivity index (χ1v) is 7.28. The topological polar surface area (TPSA) is 46.9 Å². The second-order valence-corrected chi connectivity index (χ2v) is 5.62. The van der Waals surface area contributed by atoms with Gasteiger partial charge in [-0.2, -0.15) is 5.10 Å². The molecule has 4 nitrogen and oxygen atoms in total. The molecule has 0 unspecified atom stereocenters. The Morgan fingerprint density at radius 3 is 2.89 bits per heavy atom. The number of carbonyl (C=O) groups excluding carboxylic acids is 1. The van der Waals surface area contributed by atoms with E-state index in [1.54, 1.807) is 16.8 Å². The molecule has 0 aliphatic carbocycles. The zero-order chi connectivity index (χ0) is 14.0. The van der Waals surface area contributed by atoms with E-state index in [0.717, 1.165) is 15.7 Å². The highest BCUT2D eigenvalue weighted by Gasteiger charge is 2.16. The van der Waals surface area contributed by atoms with E-state index in [9.17, 15) is 4.79 Å². The van der Waals surface area contributed by atoms with Crippen LogP contribution < -0.4 is 5.32 Å². The monoisotopic (exact) mass is 389 g/mol. The van der Waals surface area contributed by atoms with Gasteiger partial charge in [-0.1, -0.05) is 17.7 Å². The van der Waals surface area contributed by atoms with Crippen LogP contribution in [-0.2, 0) is 6.54 Å². The van der Waals surface area contributed by atoms with Crippen molar-refractivity contribution < 1.29 is 4.79 Å². The van der Waals surface area contributed by atoms with Crippen molar-refractivity contribution in [2.75, 3.05) is 5.32 Å². The molecule has 2 rings (SSSR count). The van der Waals surface area contributed by atoms with Gasteiger partial charge in [-0.05, 0) is 54.1 Å². The highest BCUT2D eigenvalue weighted by atomic mass is 127. The third-order valence-corrected chi connectivity index (χ3v) is 3.97. The minimum atomic E-state index is -0.220. The molecule has 0 aliphatic heterocycles. The predicted molar refractivity (Wildman–Crippen MR) is 84.8 cm³/mol. The molecular formula is C13H13ClIN3O. The summed E-state index contributed by atoms with van der Waals surface area (Å²) in [5.41, 5.74) is 1.99. The fourth-order valence-corrected chi connectivity index (χ4v) is 2.49. The lowest BCUT2D eigenvalue weighted by Crippen LogP contribution is -2.15. The Kier molecular flexibility index (Phi) is 4.46. The first kappa shape index (κ1) is 14.3. The van der Waals surface area contributed by atoms with E-state index in [4.69, 9.17) is 11.6 Å². The van der Waals surface area contributed by atoms with E-state index in [0.29, 0.717) is 16.4 Å². The zero-order valence-electron chi connectivity index (χ0n) is 10.6. The third kappa shape index (κ3) is 3.09. The molecular weight excluding hydrogens is 377 g/mol. The molecule has 0 atom stereocenters. The second kappa shape index (κ2) is 5.92. The number of rotatable bonds is 3. The summed E-state index contributed by atoms with van der Waals surface area (Å²) in [6, 6.07) is 5.42. The van der Waals surface area contributed by atoms with Gasteiger partial charge in [-0.25, -0.2) is 0 Å². The highest BCUT2D eigenvalue weighted by molar-refractivity contribution is 14.1. The molecule has 6 heteroatoms. The molecule has 0 aliphatic rings. The summed E-state index contributed by atoms with van der Waals surface area (Å²) in [6.07, 6.45) is 1.85. The van der Waals surface area contributed by atoms with Gasteiger partial charge in [0.15, 0.2) is 5.69 Å². The van der Waals surface area contributed by atoms with Crippen LogP contribution >= 0.6 is 34.2 Å². The maximum absolute atomic E-state index is 12.2. The second-order valence-electron chi connectivity index (χ2n) is 4.05. The van der Waals surface area contributed by atoms with Crippen LogP contribution in [0.4, 0.5) is 5.69 Å². The van der Waals surface area contributed by atoms with Crippen LogP contribution in [0.3, 0.4) is 0 Å². The van der Waals surface area contributed by atoms with Crippen molar-refractivity contribution in [2.24, 2.45) is 0 Å². The van der Waals surface area contributed by atoms with Gasteiger partial charge in [0.1, 0.15) is 0 Å². The highest BCUT2D eigenvalue weighted by Crippen LogP contribution is 2.23. The molecule has 1 amide bonds. The first-order valence-electron chi connectivity index (χ1n) is 5.82. The Morgan fingerprint density at radius 2 is 2.26 bits per heavy atom. The average Bonchev–Trinajstić information content (AvgIpc) is 2.76. The molecule has 100 valence electrons. The first-order chi connectivity index (χ1) is 9.02. The van der Waals surface area contributed by atoms with Crippen molar-refractivity contribution in [1.82, 2.24) is 9.78 Å².